The minimum atomic E-state index is 0.133. The van der Waals surface area contributed by atoms with Gasteiger partial charge in [0.25, 0.3) is 0 Å². The molecule has 0 fully saturated rings. The number of carbonyl (C=O) groups is 1. The summed E-state index contributed by atoms with van der Waals surface area (Å²) in [5, 5.41) is 2.97. The molecule has 2 aromatic carbocycles. The van der Waals surface area contributed by atoms with Gasteiger partial charge < -0.3 is 4.90 Å². The van der Waals surface area contributed by atoms with E-state index < -0.39 is 0 Å². The number of rotatable bonds is 7. The van der Waals surface area contributed by atoms with E-state index in [9.17, 15) is 4.79 Å². The van der Waals surface area contributed by atoms with Gasteiger partial charge in [-0.3, -0.25) is 4.79 Å². The summed E-state index contributed by atoms with van der Waals surface area (Å²) in [5.74, 6) is 0.133. The number of benzene rings is 2. The van der Waals surface area contributed by atoms with E-state index in [1.54, 1.807) is 11.3 Å². The second-order valence-corrected chi connectivity index (χ2v) is 7.81. The maximum absolute atomic E-state index is 13.0. The number of aromatic nitrogens is 1. The maximum Gasteiger partial charge on any atom is 0.229 e. The Balaban J connectivity index is 1.72. The van der Waals surface area contributed by atoms with Crippen LogP contribution < -0.4 is 0 Å². The van der Waals surface area contributed by atoms with Crippen molar-refractivity contribution in [3.63, 3.8) is 0 Å². The standard InChI is InChI=1S/C23H26N2OS/c1-4-18(3)25(15-19-8-6-5-7-9-19)22(26)14-21-16-27-23(24-21)20-12-10-17(2)11-13-20/h5-13,16,18H,4,14-15H2,1-3H3. The van der Waals surface area contributed by atoms with E-state index in [2.05, 4.69) is 57.2 Å². The number of amides is 1. The van der Waals surface area contributed by atoms with Gasteiger partial charge in [-0.2, -0.15) is 0 Å². The number of hydrogen-bond donors (Lipinski definition) is 0. The number of nitrogens with zero attached hydrogens (tertiary/aromatic N) is 2. The molecule has 0 N–H and O–H groups in total. The minimum Gasteiger partial charge on any atom is -0.335 e. The molecule has 0 saturated carbocycles. The van der Waals surface area contributed by atoms with Gasteiger partial charge in [-0.25, -0.2) is 4.98 Å². The molecule has 1 unspecified atom stereocenters. The van der Waals surface area contributed by atoms with E-state index in [-0.39, 0.29) is 11.9 Å². The molecule has 4 heteroatoms. The van der Waals surface area contributed by atoms with E-state index >= 15 is 0 Å². The van der Waals surface area contributed by atoms with E-state index in [0.717, 1.165) is 28.2 Å². The summed E-state index contributed by atoms with van der Waals surface area (Å²) >= 11 is 1.60. The lowest BCUT2D eigenvalue weighted by Crippen LogP contribution is -2.38. The van der Waals surface area contributed by atoms with E-state index in [4.69, 9.17) is 4.98 Å². The summed E-state index contributed by atoms with van der Waals surface area (Å²) in [6.45, 7) is 6.95. The molecule has 0 aliphatic heterocycles. The van der Waals surface area contributed by atoms with Crippen molar-refractivity contribution >= 4 is 17.2 Å². The van der Waals surface area contributed by atoms with Crippen molar-refractivity contribution in [3.05, 3.63) is 76.8 Å². The Morgan fingerprint density at radius 1 is 1.11 bits per heavy atom. The predicted octanol–water partition coefficient (Wildman–Crippen LogP) is 5.49. The summed E-state index contributed by atoms with van der Waals surface area (Å²) in [4.78, 5) is 19.7. The summed E-state index contributed by atoms with van der Waals surface area (Å²) in [6, 6.07) is 18.7. The van der Waals surface area contributed by atoms with Crippen LogP contribution in [0.4, 0.5) is 0 Å². The monoisotopic (exact) mass is 378 g/mol. The van der Waals surface area contributed by atoms with Crippen LogP contribution in [0.15, 0.2) is 60.0 Å². The molecule has 0 bridgehead atoms. The van der Waals surface area contributed by atoms with E-state index in [0.29, 0.717) is 13.0 Å². The number of aryl methyl sites for hydroxylation is 1. The molecule has 3 rings (SSSR count). The molecule has 27 heavy (non-hydrogen) atoms. The summed E-state index contributed by atoms with van der Waals surface area (Å²) in [6.07, 6.45) is 1.28. The van der Waals surface area contributed by atoms with Crippen molar-refractivity contribution in [1.82, 2.24) is 9.88 Å². The lowest BCUT2D eigenvalue weighted by atomic mass is 10.1. The average Bonchev–Trinajstić information content (AvgIpc) is 3.15. The molecule has 0 aliphatic rings. The van der Waals surface area contributed by atoms with Gasteiger partial charge in [-0.1, -0.05) is 67.1 Å². The van der Waals surface area contributed by atoms with Crippen molar-refractivity contribution < 1.29 is 4.79 Å². The van der Waals surface area contributed by atoms with Crippen LogP contribution in [0, 0.1) is 6.92 Å². The van der Waals surface area contributed by atoms with Crippen LogP contribution in [0.5, 0.6) is 0 Å². The number of thiazole rings is 1. The highest BCUT2D eigenvalue weighted by atomic mass is 32.1. The van der Waals surface area contributed by atoms with Crippen LogP contribution in [0.25, 0.3) is 10.6 Å². The first-order valence-corrected chi connectivity index (χ1v) is 10.3. The third kappa shape index (κ3) is 5.04. The van der Waals surface area contributed by atoms with Crippen LogP contribution in [-0.2, 0) is 17.8 Å². The first-order chi connectivity index (χ1) is 13.1. The highest BCUT2D eigenvalue weighted by Crippen LogP contribution is 2.24. The van der Waals surface area contributed by atoms with Gasteiger partial charge in [0.1, 0.15) is 5.01 Å². The second kappa shape index (κ2) is 8.96. The normalized spacial score (nSPS) is 12.0. The van der Waals surface area contributed by atoms with Crippen LogP contribution in [-0.4, -0.2) is 21.8 Å². The molecule has 1 aromatic heterocycles. The fourth-order valence-electron chi connectivity index (χ4n) is 2.96. The Kier molecular flexibility index (Phi) is 6.40. The van der Waals surface area contributed by atoms with Crippen LogP contribution >= 0.6 is 11.3 Å². The minimum absolute atomic E-state index is 0.133. The molecule has 0 spiro atoms. The molecular weight excluding hydrogens is 352 g/mol. The Labute approximate surface area is 165 Å². The van der Waals surface area contributed by atoms with E-state index in [1.807, 2.05) is 28.5 Å². The Morgan fingerprint density at radius 3 is 2.48 bits per heavy atom. The Bertz CT molecular complexity index is 871. The lowest BCUT2D eigenvalue weighted by Gasteiger charge is -2.28. The van der Waals surface area contributed by atoms with Gasteiger partial charge in [0.2, 0.25) is 5.91 Å². The highest BCUT2D eigenvalue weighted by Gasteiger charge is 2.20. The molecule has 0 saturated heterocycles. The molecule has 3 aromatic rings. The van der Waals surface area contributed by atoms with Crippen molar-refractivity contribution in [2.24, 2.45) is 0 Å². The summed E-state index contributed by atoms with van der Waals surface area (Å²) < 4.78 is 0. The van der Waals surface area contributed by atoms with Crippen molar-refractivity contribution in [2.75, 3.05) is 0 Å². The SMILES string of the molecule is CCC(C)N(Cc1ccccc1)C(=O)Cc1csc(-c2ccc(C)cc2)n1. The van der Waals surface area contributed by atoms with Crippen molar-refractivity contribution in [2.45, 2.75) is 46.2 Å². The third-order valence-corrected chi connectivity index (χ3v) is 5.76. The fourth-order valence-corrected chi connectivity index (χ4v) is 3.79. The van der Waals surface area contributed by atoms with Gasteiger partial charge >= 0.3 is 0 Å². The van der Waals surface area contributed by atoms with Crippen molar-refractivity contribution in [1.29, 1.82) is 0 Å². The highest BCUT2D eigenvalue weighted by molar-refractivity contribution is 7.13. The predicted molar refractivity (Wildman–Crippen MR) is 113 cm³/mol. The zero-order valence-corrected chi connectivity index (χ0v) is 17.0. The van der Waals surface area contributed by atoms with E-state index in [1.165, 1.54) is 5.56 Å². The van der Waals surface area contributed by atoms with Gasteiger partial charge in [-0.05, 0) is 25.8 Å². The Morgan fingerprint density at radius 2 is 1.81 bits per heavy atom. The van der Waals surface area contributed by atoms with Crippen molar-refractivity contribution in [3.8, 4) is 10.6 Å². The molecule has 3 nitrogen and oxygen atoms in total. The lowest BCUT2D eigenvalue weighted by molar-refractivity contribution is -0.133. The second-order valence-electron chi connectivity index (χ2n) is 6.95. The van der Waals surface area contributed by atoms with Gasteiger partial charge in [0.05, 0.1) is 12.1 Å². The van der Waals surface area contributed by atoms with Gasteiger partial charge in [0, 0.05) is 23.5 Å². The molecular formula is C23H26N2OS. The van der Waals surface area contributed by atoms with Crippen LogP contribution in [0.2, 0.25) is 0 Å². The fraction of sp³-hybridized carbons (Fsp3) is 0.304. The number of carbonyl (C=O) groups excluding carboxylic acids is 1. The Hall–Kier alpha value is -2.46. The largest absolute Gasteiger partial charge is 0.335 e. The third-order valence-electron chi connectivity index (χ3n) is 4.82. The zero-order valence-electron chi connectivity index (χ0n) is 16.2. The first-order valence-electron chi connectivity index (χ1n) is 9.41. The molecule has 1 amide bonds. The topological polar surface area (TPSA) is 33.2 Å². The van der Waals surface area contributed by atoms with Gasteiger partial charge in [-0.15, -0.1) is 11.3 Å². The quantitative estimate of drug-likeness (QED) is 0.545. The molecule has 140 valence electrons. The van der Waals surface area contributed by atoms with Gasteiger partial charge in [0.15, 0.2) is 0 Å². The number of hydrogen-bond acceptors (Lipinski definition) is 3. The molecule has 1 heterocycles. The van der Waals surface area contributed by atoms with Crippen LogP contribution in [0.1, 0.15) is 37.1 Å². The maximum atomic E-state index is 13.0. The summed E-state index contributed by atoms with van der Waals surface area (Å²) in [7, 11) is 0. The zero-order chi connectivity index (χ0) is 19.2. The molecule has 0 aliphatic carbocycles. The summed E-state index contributed by atoms with van der Waals surface area (Å²) in [5.41, 5.74) is 4.34. The van der Waals surface area contributed by atoms with Crippen LogP contribution in [0.3, 0.4) is 0 Å². The molecule has 0 radical (unpaired) electrons. The smallest absolute Gasteiger partial charge is 0.229 e. The first kappa shape index (κ1) is 19.3. The molecule has 1 atom stereocenters. The average molecular weight is 379 g/mol.